The van der Waals surface area contributed by atoms with Crippen LogP contribution in [0.1, 0.15) is 19.3 Å². The summed E-state index contributed by atoms with van der Waals surface area (Å²) in [5.41, 5.74) is 0. The molecule has 0 saturated heterocycles. The molecular formula is C10H20O5. The van der Waals surface area contributed by atoms with Gasteiger partial charge in [0.25, 0.3) is 0 Å². The molecule has 0 radical (unpaired) electrons. The molecule has 5 heteroatoms. The Morgan fingerprint density at radius 1 is 1.00 bits per heavy atom. The van der Waals surface area contributed by atoms with Gasteiger partial charge in [-0.25, -0.2) is 0 Å². The van der Waals surface area contributed by atoms with Crippen LogP contribution in [0.2, 0.25) is 0 Å². The second kappa shape index (κ2) is 11.4. The molecule has 0 aliphatic rings. The maximum absolute atomic E-state index is 10.1. The number of hydrogen-bond acceptors (Lipinski definition) is 4. The predicted molar refractivity (Wildman–Crippen MR) is 55.0 cm³/mol. The molecule has 15 heavy (non-hydrogen) atoms. The molecule has 0 saturated carbocycles. The lowest BCUT2D eigenvalue weighted by Crippen LogP contribution is -2.08. The zero-order chi connectivity index (χ0) is 11.4. The average Bonchev–Trinajstić information content (AvgIpc) is 2.20. The van der Waals surface area contributed by atoms with E-state index in [0.717, 1.165) is 6.42 Å². The van der Waals surface area contributed by atoms with Crippen LogP contribution >= 0.6 is 0 Å². The molecule has 0 aliphatic heterocycles. The van der Waals surface area contributed by atoms with Crippen molar-refractivity contribution < 1.29 is 24.1 Å². The van der Waals surface area contributed by atoms with Crippen molar-refractivity contribution in [2.24, 2.45) is 0 Å². The van der Waals surface area contributed by atoms with E-state index in [4.69, 9.17) is 19.3 Å². The van der Waals surface area contributed by atoms with Crippen LogP contribution in [0.4, 0.5) is 0 Å². The first kappa shape index (κ1) is 14.3. The zero-order valence-corrected chi connectivity index (χ0v) is 9.24. The molecule has 5 nitrogen and oxygen atoms in total. The lowest BCUT2D eigenvalue weighted by Gasteiger charge is -2.04. The number of carbonyl (C=O) groups is 1. The molecule has 0 aromatic rings. The molecule has 1 N–H and O–H groups in total. The summed E-state index contributed by atoms with van der Waals surface area (Å²) in [4.78, 5) is 10.1. The Balaban J connectivity index is 2.89. The van der Waals surface area contributed by atoms with Crippen molar-refractivity contribution >= 4 is 5.97 Å². The standard InChI is InChI=1S/C10H20O5/c1-13-5-3-7-15-9-8-14-6-2-4-10(11)12/h2-9H2,1H3,(H,11,12). The lowest BCUT2D eigenvalue weighted by molar-refractivity contribution is -0.137. The number of carboxylic acid groups (broad SMARTS) is 1. The Morgan fingerprint density at radius 3 is 2.13 bits per heavy atom. The van der Waals surface area contributed by atoms with Crippen LogP contribution in [0.5, 0.6) is 0 Å². The van der Waals surface area contributed by atoms with Gasteiger partial charge in [-0.1, -0.05) is 0 Å². The van der Waals surface area contributed by atoms with Crippen molar-refractivity contribution in [1.82, 2.24) is 0 Å². The number of rotatable bonds is 11. The van der Waals surface area contributed by atoms with E-state index in [1.807, 2.05) is 0 Å². The van der Waals surface area contributed by atoms with Gasteiger partial charge in [-0.15, -0.1) is 0 Å². The molecule has 0 unspecified atom stereocenters. The van der Waals surface area contributed by atoms with Gasteiger partial charge in [0.15, 0.2) is 0 Å². The van der Waals surface area contributed by atoms with Crippen LogP contribution in [0.15, 0.2) is 0 Å². The highest BCUT2D eigenvalue weighted by molar-refractivity contribution is 5.66. The largest absolute Gasteiger partial charge is 0.481 e. The van der Waals surface area contributed by atoms with Crippen LogP contribution in [0, 0.1) is 0 Å². The topological polar surface area (TPSA) is 65.0 Å². The minimum Gasteiger partial charge on any atom is -0.481 e. The van der Waals surface area contributed by atoms with Crippen molar-refractivity contribution in [3.8, 4) is 0 Å². The minimum absolute atomic E-state index is 0.161. The van der Waals surface area contributed by atoms with Gasteiger partial charge in [-0.2, -0.15) is 0 Å². The lowest BCUT2D eigenvalue weighted by atomic mass is 10.3. The summed E-state index contributed by atoms with van der Waals surface area (Å²) in [6, 6.07) is 0. The fraction of sp³-hybridized carbons (Fsp3) is 0.900. The Hall–Kier alpha value is -0.650. The number of carboxylic acids is 1. The molecule has 0 aromatic carbocycles. The summed E-state index contributed by atoms with van der Waals surface area (Å²) in [5, 5.41) is 8.34. The summed E-state index contributed by atoms with van der Waals surface area (Å²) < 4.78 is 15.3. The number of ether oxygens (including phenoxy) is 3. The van der Waals surface area contributed by atoms with Crippen LogP contribution < -0.4 is 0 Å². The Morgan fingerprint density at radius 2 is 1.60 bits per heavy atom. The third-order valence-corrected chi connectivity index (χ3v) is 1.69. The molecule has 90 valence electrons. The van der Waals surface area contributed by atoms with Crippen LogP contribution in [-0.2, 0) is 19.0 Å². The highest BCUT2D eigenvalue weighted by Gasteiger charge is 1.96. The van der Waals surface area contributed by atoms with Gasteiger partial charge in [0.05, 0.1) is 13.2 Å². The molecule has 0 atom stereocenters. The second-order valence-corrected chi connectivity index (χ2v) is 3.07. The Bertz CT molecular complexity index is 149. The fourth-order valence-electron chi connectivity index (χ4n) is 0.953. The highest BCUT2D eigenvalue weighted by Crippen LogP contribution is 1.90. The van der Waals surface area contributed by atoms with Crippen LogP contribution in [0.3, 0.4) is 0 Å². The summed E-state index contributed by atoms with van der Waals surface area (Å²) in [5.74, 6) is -0.783. The number of aliphatic carboxylic acids is 1. The molecule has 0 rings (SSSR count). The van der Waals surface area contributed by atoms with Gasteiger partial charge in [0, 0.05) is 33.4 Å². The summed E-state index contributed by atoms with van der Waals surface area (Å²) >= 11 is 0. The molecule has 0 amide bonds. The van der Waals surface area contributed by atoms with Crippen molar-refractivity contribution in [2.75, 3.05) is 40.1 Å². The molecule has 0 aliphatic carbocycles. The second-order valence-electron chi connectivity index (χ2n) is 3.07. The smallest absolute Gasteiger partial charge is 0.303 e. The molecule has 0 heterocycles. The van der Waals surface area contributed by atoms with E-state index in [2.05, 4.69) is 0 Å². The van der Waals surface area contributed by atoms with Gasteiger partial charge in [0.1, 0.15) is 0 Å². The van der Waals surface area contributed by atoms with Gasteiger partial charge in [0.2, 0.25) is 0 Å². The van der Waals surface area contributed by atoms with E-state index < -0.39 is 5.97 Å². The summed E-state index contributed by atoms with van der Waals surface area (Å²) in [7, 11) is 1.66. The van der Waals surface area contributed by atoms with Crippen LogP contribution in [-0.4, -0.2) is 51.2 Å². The maximum Gasteiger partial charge on any atom is 0.303 e. The quantitative estimate of drug-likeness (QED) is 0.524. The third-order valence-electron chi connectivity index (χ3n) is 1.69. The van der Waals surface area contributed by atoms with Crippen molar-refractivity contribution in [3.05, 3.63) is 0 Å². The molecule has 0 fully saturated rings. The van der Waals surface area contributed by atoms with E-state index in [-0.39, 0.29) is 6.42 Å². The number of hydrogen-bond donors (Lipinski definition) is 1. The average molecular weight is 220 g/mol. The van der Waals surface area contributed by atoms with E-state index >= 15 is 0 Å². The van der Waals surface area contributed by atoms with Gasteiger partial charge in [-0.05, 0) is 12.8 Å². The predicted octanol–water partition coefficient (Wildman–Crippen LogP) is 0.921. The monoisotopic (exact) mass is 220 g/mol. The first-order valence-corrected chi connectivity index (χ1v) is 5.13. The molecule has 0 bridgehead atoms. The van der Waals surface area contributed by atoms with E-state index in [1.165, 1.54) is 0 Å². The third kappa shape index (κ3) is 13.3. The fourth-order valence-corrected chi connectivity index (χ4v) is 0.953. The maximum atomic E-state index is 10.1. The van der Waals surface area contributed by atoms with Crippen molar-refractivity contribution in [1.29, 1.82) is 0 Å². The first-order valence-electron chi connectivity index (χ1n) is 5.13. The van der Waals surface area contributed by atoms with E-state index in [9.17, 15) is 4.79 Å². The summed E-state index contributed by atoms with van der Waals surface area (Å²) in [6.45, 7) is 2.93. The highest BCUT2D eigenvalue weighted by atomic mass is 16.5. The zero-order valence-electron chi connectivity index (χ0n) is 9.24. The van der Waals surface area contributed by atoms with E-state index in [0.29, 0.717) is 39.5 Å². The van der Waals surface area contributed by atoms with E-state index in [1.54, 1.807) is 7.11 Å². The Kier molecular flexibility index (Phi) is 10.9. The van der Waals surface area contributed by atoms with Crippen molar-refractivity contribution in [3.63, 3.8) is 0 Å². The van der Waals surface area contributed by atoms with Gasteiger partial charge in [-0.3, -0.25) is 4.79 Å². The van der Waals surface area contributed by atoms with Crippen LogP contribution in [0.25, 0.3) is 0 Å². The first-order chi connectivity index (χ1) is 7.27. The van der Waals surface area contributed by atoms with Gasteiger partial charge >= 0.3 is 5.97 Å². The summed E-state index contributed by atoms with van der Waals surface area (Å²) in [6.07, 6.45) is 1.60. The normalized spacial score (nSPS) is 10.5. The molecule has 0 spiro atoms. The van der Waals surface area contributed by atoms with Gasteiger partial charge < -0.3 is 19.3 Å². The molecule has 0 aromatic heterocycles. The Labute approximate surface area is 90.3 Å². The molecular weight excluding hydrogens is 200 g/mol. The SMILES string of the molecule is COCCCOCCOCCCC(=O)O. The van der Waals surface area contributed by atoms with Crippen molar-refractivity contribution in [2.45, 2.75) is 19.3 Å². The number of methoxy groups -OCH3 is 1. The minimum atomic E-state index is -0.783.